The van der Waals surface area contributed by atoms with Crippen molar-refractivity contribution in [3.8, 4) is 0 Å². The molecule has 1 aliphatic rings. The van der Waals surface area contributed by atoms with E-state index in [0.29, 0.717) is 32.5 Å². The van der Waals surface area contributed by atoms with Gasteiger partial charge in [-0.1, -0.05) is 6.07 Å². The number of rotatable bonds is 6. The maximum atomic E-state index is 12.0. The van der Waals surface area contributed by atoms with E-state index in [2.05, 4.69) is 10.6 Å². The predicted molar refractivity (Wildman–Crippen MR) is 95.2 cm³/mol. The minimum absolute atomic E-state index is 0.0853. The highest BCUT2D eigenvalue weighted by molar-refractivity contribution is 5.96. The van der Waals surface area contributed by atoms with Crippen molar-refractivity contribution in [3.63, 3.8) is 0 Å². The number of nitrogens with one attached hydrogen (secondary N) is 2. The van der Waals surface area contributed by atoms with E-state index < -0.39 is 10.8 Å². The van der Waals surface area contributed by atoms with Crippen LogP contribution in [-0.2, 0) is 9.53 Å². The highest BCUT2D eigenvalue weighted by Gasteiger charge is 2.24. The number of hydrogen-bond acceptors (Lipinski definition) is 6. The van der Waals surface area contributed by atoms with Gasteiger partial charge in [-0.3, -0.25) is 19.7 Å². The third-order valence-corrected chi connectivity index (χ3v) is 4.11. The molecule has 0 spiro atoms. The molecule has 0 saturated carbocycles. The van der Waals surface area contributed by atoms with Crippen LogP contribution in [-0.4, -0.2) is 60.0 Å². The molecule has 1 saturated heterocycles. The lowest BCUT2D eigenvalue weighted by molar-refractivity contribution is -0.384. The minimum Gasteiger partial charge on any atom is -0.450 e. The Bertz CT molecular complexity index is 715. The second kappa shape index (κ2) is 9.51. The normalized spacial score (nSPS) is 14.3. The average molecular weight is 378 g/mol. The summed E-state index contributed by atoms with van der Waals surface area (Å²) in [6.07, 6.45) is 0.846. The molecule has 0 aromatic heterocycles. The molecule has 2 N–H and O–H groups in total. The number of benzene rings is 1. The maximum absolute atomic E-state index is 12.0. The third kappa shape index (κ3) is 5.94. The van der Waals surface area contributed by atoms with Gasteiger partial charge >= 0.3 is 6.09 Å². The van der Waals surface area contributed by atoms with E-state index in [1.165, 1.54) is 18.2 Å². The zero-order valence-electron chi connectivity index (χ0n) is 15.0. The van der Waals surface area contributed by atoms with Gasteiger partial charge in [-0.2, -0.15) is 0 Å². The molecular formula is C17H22N4O6. The molecule has 146 valence electrons. The maximum Gasteiger partial charge on any atom is 0.409 e. The summed E-state index contributed by atoms with van der Waals surface area (Å²) >= 11 is 0. The summed E-state index contributed by atoms with van der Waals surface area (Å²) in [6, 6.07) is 5.19. The number of carbonyl (C=O) groups excluding carboxylic acids is 3. The second-order valence-electron chi connectivity index (χ2n) is 6.02. The monoisotopic (exact) mass is 378 g/mol. The van der Waals surface area contributed by atoms with Crippen molar-refractivity contribution in [2.75, 3.05) is 26.2 Å². The molecule has 1 heterocycles. The van der Waals surface area contributed by atoms with Crippen molar-refractivity contribution < 1.29 is 24.0 Å². The van der Waals surface area contributed by atoms with Crippen LogP contribution in [0.2, 0.25) is 0 Å². The highest BCUT2D eigenvalue weighted by Crippen LogP contribution is 2.13. The third-order valence-electron chi connectivity index (χ3n) is 4.11. The van der Waals surface area contributed by atoms with Gasteiger partial charge in [0.25, 0.3) is 11.6 Å². The van der Waals surface area contributed by atoms with Gasteiger partial charge in [0.05, 0.1) is 18.1 Å². The molecule has 0 radical (unpaired) electrons. The molecule has 0 bridgehead atoms. The molecule has 2 rings (SSSR count). The second-order valence-corrected chi connectivity index (χ2v) is 6.02. The van der Waals surface area contributed by atoms with Crippen molar-refractivity contribution in [1.82, 2.24) is 15.5 Å². The van der Waals surface area contributed by atoms with Crippen LogP contribution in [0.4, 0.5) is 10.5 Å². The molecule has 1 aromatic carbocycles. The molecule has 3 amide bonds. The number of amides is 3. The van der Waals surface area contributed by atoms with Crippen LogP contribution < -0.4 is 10.6 Å². The van der Waals surface area contributed by atoms with Gasteiger partial charge in [-0.15, -0.1) is 0 Å². The van der Waals surface area contributed by atoms with E-state index in [0.717, 1.165) is 6.07 Å². The van der Waals surface area contributed by atoms with Crippen molar-refractivity contribution in [3.05, 3.63) is 39.9 Å². The van der Waals surface area contributed by atoms with Crippen LogP contribution in [0.25, 0.3) is 0 Å². The van der Waals surface area contributed by atoms with Crippen molar-refractivity contribution in [2.24, 2.45) is 0 Å². The molecule has 0 atom stereocenters. The van der Waals surface area contributed by atoms with Crippen molar-refractivity contribution >= 4 is 23.6 Å². The number of ether oxygens (including phenoxy) is 1. The van der Waals surface area contributed by atoms with E-state index >= 15 is 0 Å². The van der Waals surface area contributed by atoms with E-state index in [1.807, 2.05) is 0 Å². The van der Waals surface area contributed by atoms with Gasteiger partial charge in [-0.25, -0.2) is 4.79 Å². The molecular weight excluding hydrogens is 356 g/mol. The lowest BCUT2D eigenvalue weighted by atomic mass is 10.1. The quantitative estimate of drug-likeness (QED) is 0.562. The SMILES string of the molecule is CCOC(=O)N1CCC(NC(=O)CNC(=O)c2cccc([N+](=O)[O-])c2)CC1. The zero-order valence-corrected chi connectivity index (χ0v) is 15.0. The summed E-state index contributed by atoms with van der Waals surface area (Å²) in [5.74, 6) is -0.922. The summed E-state index contributed by atoms with van der Waals surface area (Å²) in [4.78, 5) is 47.4. The first kappa shape index (κ1) is 20.1. The summed E-state index contributed by atoms with van der Waals surface area (Å²) in [6.45, 7) is 2.81. The number of piperidine rings is 1. The summed E-state index contributed by atoms with van der Waals surface area (Å²) in [5.41, 5.74) is -0.0831. The number of nitro groups is 1. The van der Waals surface area contributed by atoms with Crippen LogP contribution in [0.1, 0.15) is 30.1 Å². The fourth-order valence-electron chi connectivity index (χ4n) is 2.72. The smallest absolute Gasteiger partial charge is 0.409 e. The fraction of sp³-hybridized carbons (Fsp3) is 0.471. The van der Waals surface area contributed by atoms with E-state index in [9.17, 15) is 24.5 Å². The molecule has 10 heteroatoms. The number of non-ortho nitro benzene ring substituents is 1. The van der Waals surface area contributed by atoms with Gasteiger partial charge < -0.3 is 20.3 Å². The largest absolute Gasteiger partial charge is 0.450 e. The van der Waals surface area contributed by atoms with Crippen LogP contribution >= 0.6 is 0 Å². The van der Waals surface area contributed by atoms with Crippen LogP contribution in [0.15, 0.2) is 24.3 Å². The van der Waals surface area contributed by atoms with Crippen molar-refractivity contribution in [2.45, 2.75) is 25.8 Å². The van der Waals surface area contributed by atoms with E-state index in [4.69, 9.17) is 4.74 Å². The molecule has 1 aliphatic heterocycles. The number of likely N-dealkylation sites (tertiary alicyclic amines) is 1. The summed E-state index contributed by atoms with van der Waals surface area (Å²) in [5, 5.41) is 16.0. The first-order chi connectivity index (χ1) is 12.9. The number of carbonyl (C=O) groups is 3. The van der Waals surface area contributed by atoms with Gasteiger partial charge in [-0.05, 0) is 25.8 Å². The Morgan fingerprint density at radius 3 is 2.63 bits per heavy atom. The number of nitrogens with zero attached hydrogens (tertiary/aromatic N) is 2. The van der Waals surface area contributed by atoms with Gasteiger partial charge in [0, 0.05) is 36.8 Å². The first-order valence-corrected chi connectivity index (χ1v) is 8.64. The molecule has 1 aromatic rings. The minimum atomic E-state index is -0.591. The Kier molecular flexibility index (Phi) is 7.09. The first-order valence-electron chi connectivity index (χ1n) is 8.64. The molecule has 0 unspecified atom stereocenters. The Morgan fingerprint density at radius 2 is 2.00 bits per heavy atom. The number of hydrogen-bond donors (Lipinski definition) is 2. The molecule has 27 heavy (non-hydrogen) atoms. The van der Waals surface area contributed by atoms with Gasteiger partial charge in [0.1, 0.15) is 0 Å². The predicted octanol–water partition coefficient (Wildman–Crippen LogP) is 1.06. The standard InChI is InChI=1S/C17H22N4O6/c1-2-27-17(24)20-8-6-13(7-9-20)19-15(22)11-18-16(23)12-4-3-5-14(10-12)21(25)26/h3-5,10,13H,2,6-9,11H2,1H3,(H,18,23)(H,19,22). The van der Waals surface area contributed by atoms with Gasteiger partial charge in [0.2, 0.25) is 5.91 Å². The number of nitro benzene ring substituents is 1. The highest BCUT2D eigenvalue weighted by atomic mass is 16.6. The summed E-state index contributed by atoms with van der Waals surface area (Å²) < 4.78 is 4.94. The van der Waals surface area contributed by atoms with Crippen molar-refractivity contribution in [1.29, 1.82) is 0 Å². The zero-order chi connectivity index (χ0) is 19.8. The molecule has 0 aliphatic carbocycles. The lowest BCUT2D eigenvalue weighted by Gasteiger charge is -2.31. The summed E-state index contributed by atoms with van der Waals surface area (Å²) in [7, 11) is 0. The molecule has 1 fully saturated rings. The Morgan fingerprint density at radius 1 is 1.30 bits per heavy atom. The Balaban J connectivity index is 1.75. The lowest BCUT2D eigenvalue weighted by Crippen LogP contribution is -2.48. The Labute approximate surface area is 156 Å². The fourth-order valence-corrected chi connectivity index (χ4v) is 2.72. The van der Waals surface area contributed by atoms with Crippen LogP contribution in [0.3, 0.4) is 0 Å². The van der Waals surface area contributed by atoms with E-state index in [1.54, 1.807) is 11.8 Å². The van der Waals surface area contributed by atoms with Crippen LogP contribution in [0, 0.1) is 10.1 Å². The van der Waals surface area contributed by atoms with Gasteiger partial charge in [0.15, 0.2) is 0 Å². The van der Waals surface area contributed by atoms with Crippen LogP contribution in [0.5, 0.6) is 0 Å². The molecule has 10 nitrogen and oxygen atoms in total. The Hall–Kier alpha value is -3.17. The average Bonchev–Trinajstić information content (AvgIpc) is 2.67. The van der Waals surface area contributed by atoms with E-state index in [-0.39, 0.29) is 35.8 Å². The topological polar surface area (TPSA) is 131 Å².